The molecule has 2 aromatic rings. The summed E-state index contributed by atoms with van der Waals surface area (Å²) in [6.45, 7) is 1.83. The maximum Gasteiger partial charge on any atom is 0.359 e. The minimum absolute atomic E-state index is 0.0168. The number of hydrogen-bond donors (Lipinski definition) is 0. The van der Waals surface area contributed by atoms with E-state index >= 15 is 0 Å². The second-order valence-corrected chi connectivity index (χ2v) is 4.28. The molecule has 0 atom stereocenters. The highest BCUT2D eigenvalue weighted by Gasteiger charge is 2.18. The predicted molar refractivity (Wildman–Crippen MR) is 70.0 cm³/mol. The summed E-state index contributed by atoms with van der Waals surface area (Å²) < 4.78 is 6.02. The number of methoxy groups -OCH3 is 1. The van der Waals surface area contributed by atoms with Gasteiger partial charge >= 0.3 is 5.97 Å². The van der Waals surface area contributed by atoms with Crippen molar-refractivity contribution in [3.63, 3.8) is 0 Å². The van der Waals surface area contributed by atoms with Crippen molar-refractivity contribution in [2.45, 2.75) is 6.92 Å². The number of aromatic nitrogens is 2. The summed E-state index contributed by atoms with van der Waals surface area (Å²) in [5, 5.41) is 4.66. The van der Waals surface area contributed by atoms with Gasteiger partial charge in [-0.15, -0.1) is 0 Å². The molecule has 0 unspecified atom stereocenters. The molecular weight excluding hydrogens is 268 g/mol. The number of halogens is 1. The molecule has 1 aromatic heterocycles. The van der Waals surface area contributed by atoms with E-state index in [4.69, 9.17) is 11.6 Å². The highest BCUT2D eigenvalue weighted by atomic mass is 35.5. The number of aldehydes is 1. The Hall–Kier alpha value is -2.14. The molecule has 0 spiro atoms. The number of nitrogens with zero attached hydrogens (tertiary/aromatic N) is 2. The van der Waals surface area contributed by atoms with Crippen LogP contribution >= 0.6 is 11.6 Å². The van der Waals surface area contributed by atoms with Crippen LogP contribution < -0.4 is 0 Å². The summed E-state index contributed by atoms with van der Waals surface area (Å²) >= 11 is 6.03. The Bertz CT molecular complexity index is 649. The molecule has 0 aliphatic heterocycles. The Balaban J connectivity index is 2.58. The van der Waals surface area contributed by atoms with Gasteiger partial charge in [0.15, 0.2) is 12.0 Å². The van der Waals surface area contributed by atoms with Gasteiger partial charge < -0.3 is 4.74 Å². The number of carbonyl (C=O) groups is 2. The van der Waals surface area contributed by atoms with Gasteiger partial charge in [-0.2, -0.15) is 5.10 Å². The van der Waals surface area contributed by atoms with Gasteiger partial charge in [-0.1, -0.05) is 17.7 Å². The summed E-state index contributed by atoms with van der Waals surface area (Å²) in [5.41, 5.74) is 1.66. The largest absolute Gasteiger partial charge is 0.464 e. The Morgan fingerprint density at radius 2 is 2.21 bits per heavy atom. The lowest BCUT2D eigenvalue weighted by molar-refractivity contribution is 0.0591. The molecular formula is C13H11ClN2O3. The molecule has 19 heavy (non-hydrogen) atoms. The molecule has 0 saturated carbocycles. The minimum Gasteiger partial charge on any atom is -0.464 e. The standard InChI is InChI=1S/C13H11ClN2O3/c1-8-10(14)4-3-5-11(8)16-6-9(7-17)12(15-16)13(18)19-2/h3-7H,1-2H3. The number of rotatable bonds is 3. The normalized spacial score (nSPS) is 10.3. The van der Waals surface area contributed by atoms with Crippen molar-refractivity contribution in [3.8, 4) is 5.69 Å². The van der Waals surface area contributed by atoms with Crippen molar-refractivity contribution >= 4 is 23.9 Å². The van der Waals surface area contributed by atoms with Gasteiger partial charge in [0.1, 0.15) is 0 Å². The van der Waals surface area contributed by atoms with Crippen LogP contribution in [0, 0.1) is 6.92 Å². The van der Waals surface area contributed by atoms with Crippen molar-refractivity contribution in [1.29, 1.82) is 0 Å². The van der Waals surface area contributed by atoms with Gasteiger partial charge in [0, 0.05) is 11.2 Å². The smallest absolute Gasteiger partial charge is 0.359 e. The summed E-state index contributed by atoms with van der Waals surface area (Å²) in [7, 11) is 1.24. The Labute approximate surface area is 114 Å². The van der Waals surface area contributed by atoms with E-state index in [0.717, 1.165) is 5.56 Å². The van der Waals surface area contributed by atoms with Crippen molar-refractivity contribution in [2.75, 3.05) is 7.11 Å². The van der Waals surface area contributed by atoms with E-state index in [2.05, 4.69) is 9.84 Å². The molecule has 0 N–H and O–H groups in total. The van der Waals surface area contributed by atoms with E-state index < -0.39 is 5.97 Å². The van der Waals surface area contributed by atoms with Crippen LogP contribution in [0.1, 0.15) is 26.4 Å². The molecule has 0 aliphatic carbocycles. The van der Waals surface area contributed by atoms with E-state index in [1.807, 2.05) is 6.92 Å². The number of carbonyl (C=O) groups excluding carboxylic acids is 2. The van der Waals surface area contributed by atoms with Crippen molar-refractivity contribution in [1.82, 2.24) is 9.78 Å². The number of esters is 1. The lowest BCUT2D eigenvalue weighted by atomic mass is 10.2. The molecule has 0 amide bonds. The summed E-state index contributed by atoms with van der Waals surface area (Å²) in [4.78, 5) is 22.5. The summed E-state index contributed by atoms with van der Waals surface area (Å²) in [5.74, 6) is -0.652. The van der Waals surface area contributed by atoms with E-state index in [1.165, 1.54) is 18.0 Å². The summed E-state index contributed by atoms with van der Waals surface area (Å²) in [6.07, 6.45) is 2.04. The summed E-state index contributed by atoms with van der Waals surface area (Å²) in [6, 6.07) is 5.32. The maximum atomic E-state index is 11.5. The fourth-order valence-electron chi connectivity index (χ4n) is 1.70. The second kappa shape index (κ2) is 5.24. The van der Waals surface area contributed by atoms with Crippen LogP contribution in [0.15, 0.2) is 24.4 Å². The Kier molecular flexibility index (Phi) is 3.66. The zero-order valence-electron chi connectivity index (χ0n) is 10.4. The fourth-order valence-corrected chi connectivity index (χ4v) is 1.87. The molecule has 0 radical (unpaired) electrons. The number of hydrogen-bond acceptors (Lipinski definition) is 4. The van der Waals surface area contributed by atoms with Crippen LogP contribution in [0.2, 0.25) is 5.02 Å². The third-order valence-corrected chi connectivity index (χ3v) is 3.14. The van der Waals surface area contributed by atoms with Gasteiger partial charge in [0.25, 0.3) is 0 Å². The highest BCUT2D eigenvalue weighted by molar-refractivity contribution is 6.31. The van der Waals surface area contributed by atoms with E-state index in [9.17, 15) is 9.59 Å². The molecule has 6 heteroatoms. The maximum absolute atomic E-state index is 11.5. The third-order valence-electron chi connectivity index (χ3n) is 2.73. The minimum atomic E-state index is -0.652. The number of ether oxygens (including phenoxy) is 1. The lowest BCUT2D eigenvalue weighted by Crippen LogP contribution is -2.06. The average molecular weight is 279 g/mol. The molecule has 1 heterocycles. The number of benzene rings is 1. The van der Waals surface area contributed by atoms with Crippen molar-refractivity contribution in [3.05, 3.63) is 46.2 Å². The van der Waals surface area contributed by atoms with Crippen LogP contribution in [0.4, 0.5) is 0 Å². The zero-order chi connectivity index (χ0) is 14.0. The van der Waals surface area contributed by atoms with Crippen molar-refractivity contribution < 1.29 is 14.3 Å². The van der Waals surface area contributed by atoms with Crippen molar-refractivity contribution in [2.24, 2.45) is 0 Å². The van der Waals surface area contributed by atoms with Crippen LogP contribution in [0.25, 0.3) is 5.69 Å². The molecule has 0 saturated heterocycles. The van der Waals surface area contributed by atoms with E-state index in [-0.39, 0.29) is 11.3 Å². The monoisotopic (exact) mass is 278 g/mol. The van der Waals surface area contributed by atoms with Crippen LogP contribution in [-0.4, -0.2) is 29.1 Å². The quantitative estimate of drug-likeness (QED) is 0.639. The molecule has 0 aliphatic rings. The first-order valence-corrected chi connectivity index (χ1v) is 5.85. The van der Waals surface area contributed by atoms with Gasteiger partial charge in [-0.3, -0.25) is 4.79 Å². The van der Waals surface area contributed by atoms with Gasteiger partial charge in [0.2, 0.25) is 0 Å². The van der Waals surface area contributed by atoms with Crippen LogP contribution in [0.5, 0.6) is 0 Å². The molecule has 5 nitrogen and oxygen atoms in total. The SMILES string of the molecule is COC(=O)c1nn(-c2cccc(Cl)c2C)cc1C=O. The second-order valence-electron chi connectivity index (χ2n) is 3.87. The van der Waals surface area contributed by atoms with Gasteiger partial charge in [0.05, 0.1) is 18.4 Å². The fraction of sp³-hybridized carbons (Fsp3) is 0.154. The van der Waals surface area contributed by atoms with E-state index in [0.29, 0.717) is 17.0 Å². The third kappa shape index (κ3) is 2.37. The van der Waals surface area contributed by atoms with E-state index in [1.54, 1.807) is 18.2 Å². The molecule has 0 fully saturated rings. The Morgan fingerprint density at radius 1 is 1.47 bits per heavy atom. The van der Waals surface area contributed by atoms with Gasteiger partial charge in [-0.05, 0) is 24.6 Å². The van der Waals surface area contributed by atoms with Crippen LogP contribution in [0.3, 0.4) is 0 Å². The molecule has 0 bridgehead atoms. The first kappa shape index (κ1) is 13.3. The molecule has 2 rings (SSSR count). The first-order chi connectivity index (χ1) is 9.08. The lowest BCUT2D eigenvalue weighted by Gasteiger charge is -2.06. The highest BCUT2D eigenvalue weighted by Crippen LogP contribution is 2.22. The molecule has 98 valence electrons. The van der Waals surface area contributed by atoms with Gasteiger partial charge in [-0.25, -0.2) is 9.48 Å². The topological polar surface area (TPSA) is 61.2 Å². The first-order valence-electron chi connectivity index (χ1n) is 5.47. The zero-order valence-corrected chi connectivity index (χ0v) is 11.1. The Morgan fingerprint density at radius 3 is 2.84 bits per heavy atom. The van der Waals surface area contributed by atoms with Crippen LogP contribution in [-0.2, 0) is 4.74 Å². The average Bonchev–Trinajstić information content (AvgIpc) is 2.85. The predicted octanol–water partition coefficient (Wildman–Crippen LogP) is 2.43. The molecule has 1 aromatic carbocycles.